The first kappa shape index (κ1) is 19.0. The molecule has 2 aromatic carbocycles. The van der Waals surface area contributed by atoms with Gasteiger partial charge in [0.25, 0.3) is 0 Å². The highest BCUT2D eigenvalue weighted by Gasteiger charge is 2.35. The van der Waals surface area contributed by atoms with Crippen LogP contribution in [0.15, 0.2) is 66.9 Å². The molecule has 0 spiro atoms. The van der Waals surface area contributed by atoms with Gasteiger partial charge in [0.15, 0.2) is 5.13 Å². The fourth-order valence-corrected chi connectivity index (χ4v) is 4.94. The highest BCUT2D eigenvalue weighted by Crippen LogP contribution is 2.43. The van der Waals surface area contributed by atoms with Crippen LogP contribution in [-0.2, 0) is 0 Å². The molecule has 0 radical (unpaired) electrons. The number of fused-ring (bicyclic) bond motifs is 1. The third kappa shape index (κ3) is 4.01. The van der Waals surface area contributed by atoms with E-state index in [1.807, 2.05) is 55.5 Å². The summed E-state index contributed by atoms with van der Waals surface area (Å²) < 4.78 is 7.27. The van der Waals surface area contributed by atoms with Gasteiger partial charge in [0.1, 0.15) is 5.75 Å². The Morgan fingerprint density at radius 1 is 1.10 bits per heavy atom. The average Bonchev–Trinajstić information content (AvgIpc) is 3.32. The molecule has 4 aromatic rings. The van der Waals surface area contributed by atoms with Gasteiger partial charge < -0.3 is 15.2 Å². The molecular formula is C24H23N3O2S. The van der Waals surface area contributed by atoms with Crippen LogP contribution in [0.25, 0.3) is 10.2 Å². The van der Waals surface area contributed by atoms with Gasteiger partial charge in [-0.3, -0.25) is 0 Å². The van der Waals surface area contributed by atoms with E-state index in [0.29, 0.717) is 5.88 Å². The molecule has 2 heterocycles. The molecule has 30 heavy (non-hydrogen) atoms. The zero-order valence-corrected chi connectivity index (χ0v) is 17.5. The third-order valence-corrected chi connectivity index (χ3v) is 6.52. The molecule has 2 N–H and O–H groups in total. The first-order chi connectivity index (χ1) is 14.6. The predicted molar refractivity (Wildman–Crippen MR) is 121 cm³/mol. The first-order valence-corrected chi connectivity index (χ1v) is 11.0. The number of rotatable bonds is 5. The molecular weight excluding hydrogens is 394 g/mol. The predicted octanol–water partition coefficient (Wildman–Crippen LogP) is 6.25. The van der Waals surface area contributed by atoms with Crippen molar-refractivity contribution < 1.29 is 9.84 Å². The maximum atomic E-state index is 10.3. The number of benzene rings is 2. The molecule has 5 rings (SSSR count). The van der Waals surface area contributed by atoms with Gasteiger partial charge in [-0.1, -0.05) is 29.5 Å². The fourth-order valence-electron chi connectivity index (χ4n) is 4.05. The van der Waals surface area contributed by atoms with E-state index >= 15 is 0 Å². The molecule has 2 atom stereocenters. The molecule has 0 unspecified atom stereocenters. The van der Waals surface area contributed by atoms with E-state index in [9.17, 15) is 5.11 Å². The van der Waals surface area contributed by atoms with E-state index in [0.717, 1.165) is 51.6 Å². The minimum absolute atomic E-state index is 0.267. The van der Waals surface area contributed by atoms with E-state index in [1.54, 1.807) is 17.5 Å². The molecule has 2 aromatic heterocycles. The summed E-state index contributed by atoms with van der Waals surface area (Å²) in [5.41, 5.74) is 2.41. The molecule has 6 heteroatoms. The zero-order chi connectivity index (χ0) is 20.6. The monoisotopic (exact) mass is 417 g/mol. The molecule has 1 fully saturated rings. The number of aliphatic hydroxyl groups is 1. The smallest absolute Gasteiger partial charge is 0.222 e. The van der Waals surface area contributed by atoms with Gasteiger partial charge in [0.05, 0.1) is 15.8 Å². The highest BCUT2D eigenvalue weighted by molar-refractivity contribution is 7.22. The van der Waals surface area contributed by atoms with Crippen LogP contribution in [0.5, 0.6) is 11.6 Å². The lowest BCUT2D eigenvalue weighted by Gasteiger charge is -2.18. The number of pyridine rings is 1. The Hall–Kier alpha value is -2.96. The van der Waals surface area contributed by atoms with Gasteiger partial charge in [-0.15, -0.1) is 0 Å². The number of hydrogen-bond acceptors (Lipinski definition) is 6. The number of para-hydroxylation sites is 1. The summed E-state index contributed by atoms with van der Waals surface area (Å²) in [6.07, 6.45) is 4.23. The molecule has 152 valence electrons. The Morgan fingerprint density at radius 2 is 1.93 bits per heavy atom. The fraction of sp³-hybridized carbons (Fsp3) is 0.250. The third-order valence-electron chi connectivity index (χ3n) is 5.57. The van der Waals surface area contributed by atoms with Gasteiger partial charge in [0, 0.05) is 17.4 Å². The topological polar surface area (TPSA) is 67.3 Å². The minimum atomic E-state index is -0.605. The van der Waals surface area contributed by atoms with E-state index in [-0.39, 0.29) is 5.92 Å². The zero-order valence-electron chi connectivity index (χ0n) is 16.7. The summed E-state index contributed by atoms with van der Waals surface area (Å²) >= 11 is 1.63. The number of hydrogen-bond donors (Lipinski definition) is 2. The molecule has 0 saturated heterocycles. The van der Waals surface area contributed by atoms with Crippen LogP contribution in [-0.4, -0.2) is 20.7 Å². The molecule has 1 aliphatic rings. The van der Waals surface area contributed by atoms with Crippen LogP contribution in [0.1, 0.15) is 37.7 Å². The minimum Gasteiger partial charge on any atom is -0.439 e. The lowest BCUT2D eigenvalue weighted by Crippen LogP contribution is -2.18. The van der Waals surface area contributed by atoms with E-state index < -0.39 is 5.60 Å². The Morgan fingerprint density at radius 3 is 2.70 bits per heavy atom. The van der Waals surface area contributed by atoms with Gasteiger partial charge in [-0.05, 0) is 74.6 Å². The SMILES string of the molecule is C[C@@]1(O)CC[C@@H](c2cccnc2Oc2ccc(Nc3nc4ccccc4s3)cc2)C1. The second kappa shape index (κ2) is 7.70. The van der Waals surface area contributed by atoms with Crippen molar-refractivity contribution >= 4 is 32.4 Å². The molecule has 1 saturated carbocycles. The first-order valence-electron chi connectivity index (χ1n) is 10.1. The van der Waals surface area contributed by atoms with Gasteiger partial charge in [-0.2, -0.15) is 0 Å². The van der Waals surface area contributed by atoms with E-state index in [1.165, 1.54) is 0 Å². The molecule has 0 bridgehead atoms. The average molecular weight is 418 g/mol. The van der Waals surface area contributed by atoms with E-state index in [2.05, 4.69) is 27.4 Å². The van der Waals surface area contributed by atoms with Gasteiger partial charge >= 0.3 is 0 Å². The number of aromatic nitrogens is 2. The van der Waals surface area contributed by atoms with Crippen LogP contribution in [0.4, 0.5) is 10.8 Å². The maximum Gasteiger partial charge on any atom is 0.222 e. The molecule has 0 amide bonds. The lowest BCUT2D eigenvalue weighted by molar-refractivity contribution is 0.0664. The number of nitrogens with zero attached hydrogens (tertiary/aromatic N) is 2. The van der Waals surface area contributed by atoms with Gasteiger partial charge in [0.2, 0.25) is 5.88 Å². The Balaban J connectivity index is 1.31. The second-order valence-corrected chi connectivity index (χ2v) is 9.10. The number of thiazole rings is 1. The summed E-state index contributed by atoms with van der Waals surface area (Å²) in [5.74, 6) is 1.62. The van der Waals surface area contributed by atoms with Crippen molar-refractivity contribution in [1.82, 2.24) is 9.97 Å². The quantitative estimate of drug-likeness (QED) is 0.402. The van der Waals surface area contributed by atoms with Crippen molar-refractivity contribution in [3.05, 3.63) is 72.4 Å². The number of ether oxygens (including phenoxy) is 1. The van der Waals surface area contributed by atoms with Crippen LogP contribution < -0.4 is 10.1 Å². The lowest BCUT2D eigenvalue weighted by atomic mass is 9.96. The van der Waals surface area contributed by atoms with Crippen molar-refractivity contribution in [3.8, 4) is 11.6 Å². The van der Waals surface area contributed by atoms with Crippen LogP contribution in [0, 0.1) is 0 Å². The van der Waals surface area contributed by atoms with Crippen molar-refractivity contribution in [1.29, 1.82) is 0 Å². The van der Waals surface area contributed by atoms with Crippen molar-refractivity contribution in [3.63, 3.8) is 0 Å². The molecule has 5 nitrogen and oxygen atoms in total. The summed E-state index contributed by atoms with van der Waals surface area (Å²) in [6.45, 7) is 1.90. The van der Waals surface area contributed by atoms with Gasteiger partial charge in [-0.25, -0.2) is 9.97 Å². The normalized spacial score (nSPS) is 21.1. The van der Waals surface area contributed by atoms with E-state index in [4.69, 9.17) is 4.74 Å². The Kier molecular flexibility index (Phi) is 4.89. The highest BCUT2D eigenvalue weighted by atomic mass is 32.1. The second-order valence-electron chi connectivity index (χ2n) is 8.07. The van der Waals surface area contributed by atoms with Crippen LogP contribution in [0.2, 0.25) is 0 Å². The van der Waals surface area contributed by atoms with Crippen molar-refractivity contribution in [2.24, 2.45) is 0 Å². The summed E-state index contributed by atoms with van der Waals surface area (Å²) in [4.78, 5) is 9.06. The van der Waals surface area contributed by atoms with Crippen LogP contribution in [0.3, 0.4) is 0 Å². The van der Waals surface area contributed by atoms with Crippen LogP contribution >= 0.6 is 11.3 Å². The maximum absolute atomic E-state index is 10.3. The standard InChI is InChI=1S/C24H23N3O2S/c1-24(28)13-12-16(15-24)19-5-4-14-25-22(19)29-18-10-8-17(9-11-18)26-23-27-20-6-2-3-7-21(20)30-23/h2-11,14,16,28H,12-13,15H2,1H3,(H,26,27)/t16-,24-/m1/s1. The number of nitrogens with one attached hydrogen (secondary N) is 1. The largest absolute Gasteiger partial charge is 0.439 e. The van der Waals surface area contributed by atoms with Crippen molar-refractivity contribution in [2.45, 2.75) is 37.7 Å². The Bertz CT molecular complexity index is 1140. The Labute approximate surface area is 179 Å². The number of anilines is 2. The molecule has 0 aliphatic heterocycles. The summed E-state index contributed by atoms with van der Waals surface area (Å²) in [5, 5.41) is 14.6. The molecule has 1 aliphatic carbocycles. The summed E-state index contributed by atoms with van der Waals surface area (Å²) in [7, 11) is 0. The summed E-state index contributed by atoms with van der Waals surface area (Å²) in [6, 6.07) is 19.9. The van der Waals surface area contributed by atoms with Crippen molar-refractivity contribution in [2.75, 3.05) is 5.32 Å².